The minimum absolute atomic E-state index is 0.0498. The molecule has 0 aliphatic carbocycles. The van der Waals surface area contributed by atoms with Crippen LogP contribution in [0, 0.1) is 0 Å². The van der Waals surface area contributed by atoms with Crippen LogP contribution < -0.4 is 5.32 Å². The smallest absolute Gasteiger partial charge is 0.0567 e. The summed E-state index contributed by atoms with van der Waals surface area (Å²) >= 11 is 0. The predicted octanol–water partition coefficient (Wildman–Crippen LogP) is 0.119. The molecule has 1 aliphatic rings. The molecule has 1 aliphatic heterocycles. The zero-order valence-electron chi connectivity index (χ0n) is 5.22. The first-order valence-electron chi connectivity index (χ1n) is 3.20. The number of rotatable bonds is 0. The van der Waals surface area contributed by atoms with Crippen molar-refractivity contribution in [3.63, 3.8) is 0 Å². The van der Waals surface area contributed by atoms with E-state index in [9.17, 15) is 0 Å². The number of hydrogen-bond acceptors (Lipinski definition) is 2. The monoisotopic (exact) mass is 115 g/mol. The summed E-state index contributed by atoms with van der Waals surface area (Å²) in [5, 5.41) is 12.3. The lowest BCUT2D eigenvalue weighted by molar-refractivity contribution is 0.120. The molecule has 0 aromatic carbocycles. The highest BCUT2D eigenvalue weighted by Gasteiger charge is 2.14. The van der Waals surface area contributed by atoms with Crippen LogP contribution in [0.5, 0.6) is 0 Å². The molecule has 48 valence electrons. The van der Waals surface area contributed by atoms with E-state index in [0.717, 1.165) is 19.4 Å². The van der Waals surface area contributed by atoms with Gasteiger partial charge in [0.1, 0.15) is 0 Å². The lowest BCUT2D eigenvalue weighted by Gasteiger charge is -2.23. The number of aliphatic hydroxyl groups is 1. The van der Waals surface area contributed by atoms with Crippen molar-refractivity contribution < 1.29 is 5.11 Å². The Bertz CT molecular complexity index is 66.9. The summed E-state index contributed by atoms with van der Waals surface area (Å²) in [4.78, 5) is 0. The fraction of sp³-hybridized carbons (Fsp3) is 1.00. The van der Waals surface area contributed by atoms with Crippen LogP contribution >= 0.6 is 0 Å². The van der Waals surface area contributed by atoms with Crippen molar-refractivity contribution in [3.05, 3.63) is 0 Å². The Labute approximate surface area is 49.9 Å². The topological polar surface area (TPSA) is 32.3 Å². The van der Waals surface area contributed by atoms with Crippen LogP contribution in [0.4, 0.5) is 0 Å². The molecule has 1 unspecified atom stereocenters. The third kappa shape index (κ3) is 1.46. The predicted molar refractivity (Wildman–Crippen MR) is 32.7 cm³/mol. The van der Waals surface area contributed by atoms with Crippen LogP contribution in [-0.2, 0) is 0 Å². The minimum Gasteiger partial charge on any atom is -0.393 e. The summed E-state index contributed by atoms with van der Waals surface area (Å²) in [7, 11) is 0. The molecule has 1 rings (SSSR count). The van der Waals surface area contributed by atoms with Crippen molar-refractivity contribution >= 4 is 0 Å². The largest absolute Gasteiger partial charge is 0.393 e. The van der Waals surface area contributed by atoms with E-state index in [2.05, 4.69) is 12.2 Å². The molecular weight excluding hydrogens is 102 g/mol. The van der Waals surface area contributed by atoms with Crippen molar-refractivity contribution in [3.8, 4) is 0 Å². The molecule has 8 heavy (non-hydrogen) atoms. The van der Waals surface area contributed by atoms with Gasteiger partial charge in [0.15, 0.2) is 0 Å². The highest BCUT2D eigenvalue weighted by Crippen LogP contribution is 2.06. The van der Waals surface area contributed by atoms with Gasteiger partial charge in [0, 0.05) is 6.04 Å². The third-order valence-electron chi connectivity index (χ3n) is 1.60. The van der Waals surface area contributed by atoms with Crippen molar-refractivity contribution in [1.82, 2.24) is 5.32 Å². The Morgan fingerprint density at radius 3 is 2.75 bits per heavy atom. The Morgan fingerprint density at radius 2 is 2.38 bits per heavy atom. The maximum Gasteiger partial charge on any atom is 0.0567 e. The summed E-state index contributed by atoms with van der Waals surface area (Å²) in [5.41, 5.74) is 0. The van der Waals surface area contributed by atoms with E-state index in [1.165, 1.54) is 0 Å². The molecule has 1 saturated heterocycles. The van der Waals surface area contributed by atoms with Gasteiger partial charge < -0.3 is 10.4 Å². The average Bonchev–Trinajstić information content (AvgIpc) is 1.64. The summed E-state index contributed by atoms with van der Waals surface area (Å²) in [6.07, 6.45) is 1.79. The van der Waals surface area contributed by atoms with Crippen molar-refractivity contribution in [2.75, 3.05) is 6.54 Å². The fourth-order valence-corrected chi connectivity index (χ4v) is 1.11. The third-order valence-corrected chi connectivity index (χ3v) is 1.60. The van der Waals surface area contributed by atoms with Crippen molar-refractivity contribution in [2.24, 2.45) is 0 Å². The van der Waals surface area contributed by atoms with Crippen molar-refractivity contribution in [1.29, 1.82) is 0 Å². The second-order valence-corrected chi connectivity index (χ2v) is 2.53. The van der Waals surface area contributed by atoms with Gasteiger partial charge in [-0.25, -0.2) is 0 Å². The van der Waals surface area contributed by atoms with E-state index in [1.54, 1.807) is 0 Å². The van der Waals surface area contributed by atoms with Gasteiger partial charge in [-0.2, -0.15) is 0 Å². The average molecular weight is 115 g/mol. The molecule has 2 atom stereocenters. The Balaban J connectivity index is 2.23. The van der Waals surface area contributed by atoms with E-state index in [1.807, 2.05) is 0 Å². The molecule has 0 spiro atoms. The van der Waals surface area contributed by atoms with Gasteiger partial charge in [0.05, 0.1) is 6.10 Å². The first-order chi connectivity index (χ1) is 3.79. The summed E-state index contributed by atoms with van der Waals surface area (Å²) < 4.78 is 0. The number of piperidine rings is 1. The molecule has 0 aromatic rings. The molecule has 0 aromatic heterocycles. The van der Waals surface area contributed by atoms with Gasteiger partial charge >= 0.3 is 0 Å². The first-order valence-corrected chi connectivity index (χ1v) is 3.20. The summed E-state index contributed by atoms with van der Waals surface area (Å²) in [5.74, 6) is 0. The van der Waals surface area contributed by atoms with Crippen LogP contribution in [0.15, 0.2) is 0 Å². The van der Waals surface area contributed by atoms with Crippen LogP contribution in [0.25, 0.3) is 0 Å². The maximum absolute atomic E-state index is 9.04. The Kier molecular flexibility index (Phi) is 1.86. The Morgan fingerprint density at radius 1 is 1.62 bits per heavy atom. The molecular formula is C6H13NO. The van der Waals surface area contributed by atoms with Gasteiger partial charge in [-0.05, 0) is 26.3 Å². The van der Waals surface area contributed by atoms with Gasteiger partial charge in [-0.15, -0.1) is 0 Å². The molecule has 2 N–H and O–H groups in total. The number of aliphatic hydroxyl groups excluding tert-OH is 1. The SMILES string of the molecule is CC1C[C@@H](O)CCN1. The molecule has 0 saturated carbocycles. The normalized spacial score (nSPS) is 39.8. The lowest BCUT2D eigenvalue weighted by Crippen LogP contribution is -2.37. The van der Waals surface area contributed by atoms with Crippen LogP contribution in [-0.4, -0.2) is 23.8 Å². The molecule has 1 fully saturated rings. The van der Waals surface area contributed by atoms with Crippen molar-refractivity contribution in [2.45, 2.75) is 31.9 Å². The van der Waals surface area contributed by atoms with Crippen LogP contribution in [0.3, 0.4) is 0 Å². The molecule has 2 heteroatoms. The Hall–Kier alpha value is -0.0800. The van der Waals surface area contributed by atoms with Gasteiger partial charge in [-0.1, -0.05) is 0 Å². The van der Waals surface area contributed by atoms with E-state index < -0.39 is 0 Å². The molecule has 0 bridgehead atoms. The molecule has 2 nitrogen and oxygen atoms in total. The maximum atomic E-state index is 9.04. The van der Waals surface area contributed by atoms with Crippen LogP contribution in [0.2, 0.25) is 0 Å². The fourth-order valence-electron chi connectivity index (χ4n) is 1.11. The quantitative estimate of drug-likeness (QED) is 0.470. The van der Waals surface area contributed by atoms with E-state index in [0.29, 0.717) is 6.04 Å². The van der Waals surface area contributed by atoms with Gasteiger partial charge in [0.25, 0.3) is 0 Å². The molecule has 0 radical (unpaired) electrons. The second kappa shape index (κ2) is 2.46. The lowest BCUT2D eigenvalue weighted by atomic mass is 10.0. The van der Waals surface area contributed by atoms with Gasteiger partial charge in [0.2, 0.25) is 0 Å². The zero-order chi connectivity index (χ0) is 5.98. The minimum atomic E-state index is -0.0498. The first kappa shape index (κ1) is 6.05. The van der Waals surface area contributed by atoms with E-state index in [4.69, 9.17) is 5.11 Å². The molecule has 1 heterocycles. The highest BCUT2D eigenvalue weighted by molar-refractivity contribution is 4.73. The summed E-state index contributed by atoms with van der Waals surface area (Å²) in [6.45, 7) is 3.07. The number of hydrogen-bond donors (Lipinski definition) is 2. The van der Waals surface area contributed by atoms with E-state index in [-0.39, 0.29) is 6.10 Å². The summed E-state index contributed by atoms with van der Waals surface area (Å²) in [6, 6.07) is 0.513. The van der Waals surface area contributed by atoms with E-state index >= 15 is 0 Å². The van der Waals surface area contributed by atoms with Crippen LogP contribution in [0.1, 0.15) is 19.8 Å². The molecule has 0 amide bonds. The second-order valence-electron chi connectivity index (χ2n) is 2.53. The highest BCUT2D eigenvalue weighted by atomic mass is 16.3. The standard InChI is InChI=1S/C6H13NO/c1-5-4-6(8)2-3-7-5/h5-8H,2-4H2,1H3/t5?,6-/m0/s1. The zero-order valence-corrected chi connectivity index (χ0v) is 5.22. The van der Waals surface area contributed by atoms with Gasteiger partial charge in [-0.3, -0.25) is 0 Å². The number of nitrogens with one attached hydrogen (secondary N) is 1.